The lowest BCUT2D eigenvalue weighted by Crippen LogP contribution is -2.26. The highest BCUT2D eigenvalue weighted by atomic mass is 35.5. The molecule has 32 heavy (non-hydrogen) atoms. The van der Waals surface area contributed by atoms with Crippen LogP contribution in [0.1, 0.15) is 17.2 Å². The first kappa shape index (κ1) is 20.3. The van der Waals surface area contributed by atoms with E-state index in [4.69, 9.17) is 21.1 Å². The number of ether oxygens (including phenoxy) is 2. The molecule has 0 spiro atoms. The Labute approximate surface area is 187 Å². The first-order chi connectivity index (χ1) is 15.4. The molecule has 0 saturated heterocycles. The maximum absolute atomic E-state index is 13.6. The van der Waals surface area contributed by atoms with E-state index in [0.717, 1.165) is 17.0 Å². The fraction of sp³-hybridized carbons (Fsp3) is 0.167. The van der Waals surface area contributed by atoms with Crippen LogP contribution < -0.4 is 15.0 Å². The van der Waals surface area contributed by atoms with Crippen molar-refractivity contribution in [2.24, 2.45) is 7.05 Å². The predicted molar refractivity (Wildman–Crippen MR) is 119 cm³/mol. The number of pyridine rings is 1. The van der Waals surface area contributed by atoms with Gasteiger partial charge in [-0.1, -0.05) is 17.7 Å². The molecule has 0 saturated carbocycles. The number of ketones is 1. The SMILES string of the molecule is COc1cc2c(c(-c3cn(C)c(=O)c4[nH]ccc34)c1)OC(c1ccc(F)cc1Cl)C(=O)C2. The second-order valence-corrected chi connectivity index (χ2v) is 8.10. The Bertz CT molecular complexity index is 1460. The van der Waals surface area contributed by atoms with Gasteiger partial charge in [-0.05, 0) is 30.3 Å². The van der Waals surface area contributed by atoms with E-state index in [9.17, 15) is 14.0 Å². The van der Waals surface area contributed by atoms with Crippen molar-refractivity contribution >= 4 is 28.3 Å². The molecular formula is C24H18ClFN2O4. The summed E-state index contributed by atoms with van der Waals surface area (Å²) in [4.78, 5) is 28.4. The highest BCUT2D eigenvalue weighted by Crippen LogP contribution is 2.45. The van der Waals surface area contributed by atoms with Gasteiger partial charge >= 0.3 is 0 Å². The lowest BCUT2D eigenvalue weighted by atomic mass is 9.91. The van der Waals surface area contributed by atoms with Gasteiger partial charge in [0.15, 0.2) is 11.9 Å². The Balaban J connectivity index is 1.73. The number of fused-ring (bicyclic) bond motifs is 2. The van der Waals surface area contributed by atoms with Crippen molar-refractivity contribution in [1.82, 2.24) is 9.55 Å². The highest BCUT2D eigenvalue weighted by molar-refractivity contribution is 6.31. The second-order valence-electron chi connectivity index (χ2n) is 7.70. The molecule has 3 heterocycles. The van der Waals surface area contributed by atoms with Gasteiger partial charge in [-0.3, -0.25) is 9.59 Å². The van der Waals surface area contributed by atoms with Crippen molar-refractivity contribution in [3.63, 3.8) is 0 Å². The first-order valence-electron chi connectivity index (χ1n) is 9.89. The Hall–Kier alpha value is -3.58. The lowest BCUT2D eigenvalue weighted by Gasteiger charge is -2.28. The Morgan fingerprint density at radius 3 is 2.75 bits per heavy atom. The number of Topliss-reactive ketones (excluding diaryl/α,β-unsaturated/α-hetero) is 1. The van der Waals surface area contributed by atoms with Crippen molar-refractivity contribution in [3.8, 4) is 22.6 Å². The number of halogens is 2. The number of aromatic amines is 1. The molecule has 0 radical (unpaired) electrons. The van der Waals surface area contributed by atoms with E-state index in [1.54, 1.807) is 32.6 Å². The van der Waals surface area contributed by atoms with Crippen molar-refractivity contribution < 1.29 is 18.7 Å². The molecule has 0 aliphatic carbocycles. The number of hydrogen-bond donors (Lipinski definition) is 1. The first-order valence-corrected chi connectivity index (χ1v) is 10.3. The lowest BCUT2D eigenvalue weighted by molar-refractivity contribution is -0.126. The molecule has 0 bridgehead atoms. The van der Waals surface area contributed by atoms with E-state index in [1.807, 2.05) is 12.1 Å². The summed E-state index contributed by atoms with van der Waals surface area (Å²) >= 11 is 6.23. The number of carbonyl (C=O) groups excluding carboxylic acids is 1. The standard InChI is InChI=1S/C24H18ClFN2O4/c1-28-11-18(15-5-6-27-21(15)24(28)30)17-10-14(31-2)7-12-8-20(29)23(32-22(12)17)16-4-3-13(26)9-19(16)25/h3-7,9-11,23,27H,8H2,1-2H3. The van der Waals surface area contributed by atoms with Crippen LogP contribution in [0.5, 0.6) is 11.5 Å². The summed E-state index contributed by atoms with van der Waals surface area (Å²) in [6, 6.07) is 9.26. The Kier molecular flexibility index (Phi) is 4.78. The molecule has 1 unspecified atom stereocenters. The van der Waals surface area contributed by atoms with Crippen molar-refractivity contribution in [1.29, 1.82) is 0 Å². The summed E-state index contributed by atoms with van der Waals surface area (Å²) in [6.07, 6.45) is 2.55. The molecule has 6 nitrogen and oxygen atoms in total. The molecule has 1 N–H and O–H groups in total. The molecule has 1 atom stereocenters. The quantitative estimate of drug-likeness (QED) is 0.494. The molecule has 162 valence electrons. The van der Waals surface area contributed by atoms with Gasteiger partial charge in [0.25, 0.3) is 5.56 Å². The zero-order valence-electron chi connectivity index (χ0n) is 17.2. The second kappa shape index (κ2) is 7.53. The summed E-state index contributed by atoms with van der Waals surface area (Å²) in [6.45, 7) is 0. The minimum absolute atomic E-state index is 0.0972. The molecule has 2 aromatic carbocycles. The zero-order valence-corrected chi connectivity index (χ0v) is 18.0. The third-order valence-electron chi connectivity index (χ3n) is 5.70. The molecule has 5 rings (SSSR count). The fourth-order valence-electron chi connectivity index (χ4n) is 4.15. The minimum atomic E-state index is -0.975. The number of H-pyrrole nitrogens is 1. The summed E-state index contributed by atoms with van der Waals surface area (Å²) < 4.78 is 26.7. The van der Waals surface area contributed by atoms with E-state index in [0.29, 0.717) is 33.7 Å². The third kappa shape index (κ3) is 3.17. The van der Waals surface area contributed by atoms with Crippen molar-refractivity contribution in [2.45, 2.75) is 12.5 Å². The molecule has 1 aliphatic rings. The smallest absolute Gasteiger partial charge is 0.274 e. The predicted octanol–water partition coefficient (Wildman–Crippen LogP) is 4.58. The average molecular weight is 453 g/mol. The van der Waals surface area contributed by atoms with Crippen LogP contribution in [0.4, 0.5) is 4.39 Å². The summed E-state index contributed by atoms with van der Waals surface area (Å²) in [5, 5.41) is 0.845. The number of nitrogens with one attached hydrogen (secondary N) is 1. The van der Waals surface area contributed by atoms with Gasteiger partial charge in [0.2, 0.25) is 0 Å². The summed E-state index contributed by atoms with van der Waals surface area (Å²) in [5.41, 5.74) is 2.80. The molecular weight excluding hydrogens is 435 g/mol. The van der Waals surface area contributed by atoms with Crippen molar-refractivity contribution in [2.75, 3.05) is 7.11 Å². The normalized spacial score (nSPS) is 15.5. The van der Waals surface area contributed by atoms with Gasteiger partial charge in [0.05, 0.1) is 12.1 Å². The molecule has 0 fully saturated rings. The minimum Gasteiger partial charge on any atom is -0.497 e. The van der Waals surface area contributed by atoms with Gasteiger partial charge in [-0.25, -0.2) is 4.39 Å². The summed E-state index contributed by atoms with van der Waals surface area (Å²) in [5.74, 6) is 0.369. The van der Waals surface area contributed by atoms with Crippen LogP contribution in [0.25, 0.3) is 22.0 Å². The van der Waals surface area contributed by atoms with E-state index in [2.05, 4.69) is 4.98 Å². The Morgan fingerprint density at radius 2 is 2.00 bits per heavy atom. The van der Waals surface area contributed by atoms with E-state index in [1.165, 1.54) is 16.7 Å². The highest BCUT2D eigenvalue weighted by Gasteiger charge is 2.33. The van der Waals surface area contributed by atoms with Gasteiger partial charge < -0.3 is 19.0 Å². The van der Waals surface area contributed by atoms with Crippen LogP contribution in [0.15, 0.2) is 53.6 Å². The summed E-state index contributed by atoms with van der Waals surface area (Å²) in [7, 11) is 3.22. The van der Waals surface area contributed by atoms with Crippen LogP contribution in [0, 0.1) is 5.82 Å². The van der Waals surface area contributed by atoms with E-state index < -0.39 is 11.9 Å². The van der Waals surface area contributed by atoms with Crippen molar-refractivity contribution in [3.05, 3.63) is 81.1 Å². The number of carbonyl (C=O) groups is 1. The van der Waals surface area contributed by atoms with E-state index in [-0.39, 0.29) is 22.8 Å². The van der Waals surface area contributed by atoms with Gasteiger partial charge in [-0.15, -0.1) is 0 Å². The number of benzene rings is 2. The molecule has 1 aliphatic heterocycles. The molecule has 4 aromatic rings. The molecule has 2 aromatic heterocycles. The molecule has 8 heteroatoms. The number of aromatic nitrogens is 2. The van der Waals surface area contributed by atoms with Crippen LogP contribution in [-0.4, -0.2) is 22.4 Å². The number of hydrogen-bond acceptors (Lipinski definition) is 4. The average Bonchev–Trinajstić information content (AvgIpc) is 3.26. The topological polar surface area (TPSA) is 73.3 Å². The third-order valence-corrected chi connectivity index (χ3v) is 6.02. The number of methoxy groups -OCH3 is 1. The zero-order chi connectivity index (χ0) is 22.6. The van der Waals surface area contributed by atoms with Gasteiger partial charge in [0.1, 0.15) is 22.8 Å². The van der Waals surface area contributed by atoms with Crippen LogP contribution in [0.3, 0.4) is 0 Å². The maximum Gasteiger partial charge on any atom is 0.274 e. The number of aryl methyl sites for hydroxylation is 1. The monoisotopic (exact) mass is 452 g/mol. The number of rotatable bonds is 3. The van der Waals surface area contributed by atoms with Crippen LogP contribution in [-0.2, 0) is 18.3 Å². The number of nitrogens with zero attached hydrogens (tertiary/aromatic N) is 1. The Morgan fingerprint density at radius 1 is 1.19 bits per heavy atom. The molecule has 0 amide bonds. The van der Waals surface area contributed by atoms with Crippen LogP contribution in [0.2, 0.25) is 5.02 Å². The van der Waals surface area contributed by atoms with Gasteiger partial charge in [0, 0.05) is 53.5 Å². The van der Waals surface area contributed by atoms with Crippen LogP contribution >= 0.6 is 11.6 Å². The maximum atomic E-state index is 13.6. The largest absolute Gasteiger partial charge is 0.497 e. The van der Waals surface area contributed by atoms with Gasteiger partial charge in [-0.2, -0.15) is 0 Å². The van der Waals surface area contributed by atoms with E-state index >= 15 is 0 Å². The fourth-order valence-corrected chi connectivity index (χ4v) is 4.41.